The number of aromatic nitrogens is 4. The SMILES string of the molecule is COCc1nc(OC)c2c(C)c(C(=O)NCc3cccc(Cn4nc(C)cc4C)c3)sc2n1. The maximum Gasteiger partial charge on any atom is 0.261 e. The van der Waals surface area contributed by atoms with Crippen LogP contribution in [0.2, 0.25) is 0 Å². The van der Waals surface area contributed by atoms with Gasteiger partial charge in [0.25, 0.3) is 5.91 Å². The molecule has 33 heavy (non-hydrogen) atoms. The monoisotopic (exact) mass is 465 g/mol. The molecule has 0 aliphatic heterocycles. The number of carbonyl (C=O) groups excluding carboxylic acids is 1. The molecule has 1 aromatic carbocycles. The Morgan fingerprint density at radius 3 is 2.61 bits per heavy atom. The van der Waals surface area contributed by atoms with E-state index in [2.05, 4.69) is 45.5 Å². The van der Waals surface area contributed by atoms with Crippen molar-refractivity contribution in [2.24, 2.45) is 0 Å². The average molecular weight is 466 g/mol. The number of carbonyl (C=O) groups is 1. The van der Waals surface area contributed by atoms with E-state index in [9.17, 15) is 4.79 Å². The second-order valence-corrected chi connectivity index (χ2v) is 8.90. The summed E-state index contributed by atoms with van der Waals surface area (Å²) in [6.45, 7) is 7.33. The van der Waals surface area contributed by atoms with Gasteiger partial charge in [-0.2, -0.15) is 10.1 Å². The minimum atomic E-state index is -0.144. The van der Waals surface area contributed by atoms with Crippen molar-refractivity contribution in [3.63, 3.8) is 0 Å². The highest BCUT2D eigenvalue weighted by Crippen LogP contribution is 2.35. The zero-order valence-corrected chi connectivity index (χ0v) is 20.2. The number of methoxy groups -OCH3 is 2. The maximum absolute atomic E-state index is 13.0. The Kier molecular flexibility index (Phi) is 6.71. The summed E-state index contributed by atoms with van der Waals surface area (Å²) < 4.78 is 12.6. The predicted molar refractivity (Wildman–Crippen MR) is 128 cm³/mol. The van der Waals surface area contributed by atoms with Gasteiger partial charge in [-0.15, -0.1) is 11.3 Å². The quantitative estimate of drug-likeness (QED) is 0.424. The fourth-order valence-corrected chi connectivity index (χ4v) is 4.92. The smallest absolute Gasteiger partial charge is 0.261 e. The second-order valence-electron chi connectivity index (χ2n) is 7.91. The highest BCUT2D eigenvalue weighted by Gasteiger charge is 2.21. The van der Waals surface area contributed by atoms with Crippen LogP contribution >= 0.6 is 11.3 Å². The summed E-state index contributed by atoms with van der Waals surface area (Å²) in [6.07, 6.45) is 0. The fraction of sp³-hybridized carbons (Fsp3) is 0.333. The molecule has 4 rings (SSSR count). The van der Waals surface area contributed by atoms with Crippen LogP contribution in [-0.2, 0) is 24.4 Å². The van der Waals surface area contributed by atoms with E-state index in [1.165, 1.54) is 11.3 Å². The van der Waals surface area contributed by atoms with Gasteiger partial charge in [0.2, 0.25) is 5.88 Å². The third-order valence-electron chi connectivity index (χ3n) is 5.36. The van der Waals surface area contributed by atoms with Gasteiger partial charge in [-0.05, 0) is 43.5 Å². The fourth-order valence-electron chi connectivity index (χ4n) is 3.81. The number of thiophene rings is 1. The first-order valence-electron chi connectivity index (χ1n) is 10.6. The molecule has 3 aromatic heterocycles. The number of rotatable bonds is 8. The summed E-state index contributed by atoms with van der Waals surface area (Å²) in [6, 6.07) is 10.2. The van der Waals surface area contributed by atoms with Crippen LogP contribution in [0.3, 0.4) is 0 Å². The number of aryl methyl sites for hydroxylation is 3. The molecule has 1 amide bonds. The van der Waals surface area contributed by atoms with Gasteiger partial charge < -0.3 is 14.8 Å². The average Bonchev–Trinajstić information content (AvgIpc) is 3.29. The number of benzene rings is 1. The highest BCUT2D eigenvalue weighted by molar-refractivity contribution is 7.20. The lowest BCUT2D eigenvalue weighted by Crippen LogP contribution is -2.22. The molecule has 0 unspecified atom stereocenters. The first-order valence-corrected chi connectivity index (χ1v) is 11.4. The van der Waals surface area contributed by atoms with E-state index < -0.39 is 0 Å². The van der Waals surface area contributed by atoms with Crippen LogP contribution in [-0.4, -0.2) is 39.9 Å². The third-order valence-corrected chi connectivity index (χ3v) is 6.54. The van der Waals surface area contributed by atoms with Crippen molar-refractivity contribution in [3.05, 3.63) is 69.1 Å². The summed E-state index contributed by atoms with van der Waals surface area (Å²) in [5.74, 6) is 0.834. The lowest BCUT2D eigenvalue weighted by Gasteiger charge is -2.09. The molecule has 0 fully saturated rings. The normalized spacial score (nSPS) is 11.2. The summed E-state index contributed by atoms with van der Waals surface area (Å²) >= 11 is 1.34. The molecule has 0 spiro atoms. The number of amides is 1. The Labute approximate surface area is 196 Å². The number of nitrogens with zero attached hydrogens (tertiary/aromatic N) is 4. The van der Waals surface area contributed by atoms with Crippen molar-refractivity contribution in [3.8, 4) is 5.88 Å². The Morgan fingerprint density at radius 2 is 1.91 bits per heavy atom. The van der Waals surface area contributed by atoms with Crippen LogP contribution < -0.4 is 10.1 Å². The molecule has 0 aliphatic carbocycles. The van der Waals surface area contributed by atoms with Crippen molar-refractivity contribution in [1.29, 1.82) is 0 Å². The molecule has 0 atom stereocenters. The summed E-state index contributed by atoms with van der Waals surface area (Å²) in [5, 5.41) is 8.33. The predicted octanol–water partition coefficient (Wildman–Crippen LogP) is 3.95. The number of hydrogen-bond donors (Lipinski definition) is 1. The first kappa shape index (κ1) is 22.9. The van der Waals surface area contributed by atoms with Gasteiger partial charge in [-0.25, -0.2) is 4.98 Å². The van der Waals surface area contributed by atoms with Crippen LogP contribution in [0, 0.1) is 20.8 Å². The minimum Gasteiger partial charge on any atom is -0.480 e. The lowest BCUT2D eigenvalue weighted by molar-refractivity contribution is 0.0954. The third kappa shape index (κ3) is 4.89. The topological polar surface area (TPSA) is 91.2 Å². The molecule has 0 radical (unpaired) electrons. The van der Waals surface area contributed by atoms with Crippen LogP contribution in [0.25, 0.3) is 10.2 Å². The molecule has 0 saturated heterocycles. The Hall–Kier alpha value is -3.30. The number of nitrogens with one attached hydrogen (secondary N) is 1. The summed E-state index contributed by atoms with van der Waals surface area (Å²) in [4.78, 5) is 23.3. The molecule has 172 valence electrons. The zero-order chi connectivity index (χ0) is 23.5. The molecule has 8 nitrogen and oxygen atoms in total. The number of ether oxygens (including phenoxy) is 2. The van der Waals surface area contributed by atoms with Crippen molar-refractivity contribution in [2.45, 2.75) is 40.5 Å². The van der Waals surface area contributed by atoms with Gasteiger partial charge in [0.1, 0.15) is 11.4 Å². The molecule has 1 N–H and O–H groups in total. The standard InChI is InChI=1S/C24H27N5O3S/c1-14-9-15(2)29(28-14)12-18-8-6-7-17(10-18)11-25-22(30)21-16(3)20-23(32-5)26-19(13-31-4)27-24(20)33-21/h6-10H,11-13H2,1-5H3,(H,25,30). The molecule has 0 saturated carbocycles. The van der Waals surface area contributed by atoms with Gasteiger partial charge >= 0.3 is 0 Å². The molecule has 0 aliphatic rings. The van der Waals surface area contributed by atoms with Crippen LogP contribution in [0.5, 0.6) is 5.88 Å². The van der Waals surface area contributed by atoms with Gasteiger partial charge in [-0.3, -0.25) is 9.48 Å². The van der Waals surface area contributed by atoms with Crippen molar-refractivity contribution in [1.82, 2.24) is 25.1 Å². The molecular formula is C24H27N5O3S. The van der Waals surface area contributed by atoms with Crippen LogP contribution in [0.15, 0.2) is 30.3 Å². The van der Waals surface area contributed by atoms with Crippen LogP contribution in [0.4, 0.5) is 0 Å². The lowest BCUT2D eigenvalue weighted by atomic mass is 10.1. The largest absolute Gasteiger partial charge is 0.480 e. The summed E-state index contributed by atoms with van der Waals surface area (Å²) in [7, 11) is 3.15. The van der Waals surface area contributed by atoms with Gasteiger partial charge in [0, 0.05) is 19.3 Å². The van der Waals surface area contributed by atoms with E-state index in [-0.39, 0.29) is 12.5 Å². The molecular weight excluding hydrogens is 438 g/mol. The van der Waals surface area contributed by atoms with E-state index in [1.807, 2.05) is 30.7 Å². The van der Waals surface area contributed by atoms with E-state index >= 15 is 0 Å². The Morgan fingerprint density at radius 1 is 1.12 bits per heavy atom. The van der Waals surface area contributed by atoms with E-state index in [0.29, 0.717) is 34.5 Å². The molecule has 3 heterocycles. The van der Waals surface area contributed by atoms with E-state index in [1.54, 1.807) is 14.2 Å². The van der Waals surface area contributed by atoms with Gasteiger partial charge in [-0.1, -0.05) is 24.3 Å². The Bertz CT molecular complexity index is 1310. The van der Waals surface area contributed by atoms with Crippen molar-refractivity contribution >= 4 is 27.5 Å². The van der Waals surface area contributed by atoms with Gasteiger partial charge in [0.05, 0.1) is 29.6 Å². The maximum atomic E-state index is 13.0. The van der Waals surface area contributed by atoms with Crippen molar-refractivity contribution < 1.29 is 14.3 Å². The summed E-state index contributed by atoms with van der Waals surface area (Å²) in [5.41, 5.74) is 5.10. The molecule has 0 bridgehead atoms. The van der Waals surface area contributed by atoms with Crippen molar-refractivity contribution in [2.75, 3.05) is 14.2 Å². The Balaban J connectivity index is 1.51. The molecule has 9 heteroatoms. The number of hydrogen-bond acceptors (Lipinski definition) is 7. The highest BCUT2D eigenvalue weighted by atomic mass is 32.1. The second kappa shape index (κ2) is 9.68. The van der Waals surface area contributed by atoms with Crippen LogP contribution in [0.1, 0.15) is 43.6 Å². The minimum absolute atomic E-state index is 0.144. The first-order chi connectivity index (χ1) is 15.9. The zero-order valence-electron chi connectivity index (χ0n) is 19.4. The molecule has 4 aromatic rings. The number of fused-ring (bicyclic) bond motifs is 1. The van der Waals surface area contributed by atoms with E-state index in [0.717, 1.165) is 33.5 Å². The van der Waals surface area contributed by atoms with Gasteiger partial charge in [0.15, 0.2) is 5.82 Å². The van der Waals surface area contributed by atoms with E-state index in [4.69, 9.17) is 9.47 Å².